The van der Waals surface area contributed by atoms with Crippen molar-refractivity contribution in [2.75, 3.05) is 5.32 Å². The first-order chi connectivity index (χ1) is 10.7. The topological polar surface area (TPSA) is 68.0 Å². The van der Waals surface area contributed by atoms with E-state index in [-0.39, 0.29) is 5.91 Å². The van der Waals surface area contributed by atoms with E-state index in [0.29, 0.717) is 16.1 Å². The number of nitrogens with zero attached hydrogens (tertiary/aromatic N) is 2. The number of hydrogen-bond acceptors (Lipinski definition) is 6. The average molecular weight is 331 g/mol. The van der Waals surface area contributed by atoms with Gasteiger partial charge in [0.05, 0.1) is 11.9 Å². The van der Waals surface area contributed by atoms with E-state index in [1.54, 1.807) is 6.20 Å². The lowest BCUT2D eigenvalue weighted by atomic mass is 10.2. The first-order valence-electron chi connectivity index (χ1n) is 6.57. The predicted molar refractivity (Wildman–Crippen MR) is 87.9 cm³/mol. The molecule has 22 heavy (non-hydrogen) atoms. The molecular weight excluding hydrogens is 318 g/mol. The van der Waals surface area contributed by atoms with Crippen LogP contribution >= 0.6 is 23.1 Å². The molecule has 3 aromatic rings. The van der Waals surface area contributed by atoms with E-state index in [2.05, 4.69) is 15.3 Å². The number of amides is 1. The van der Waals surface area contributed by atoms with Crippen LogP contribution in [0.2, 0.25) is 0 Å². The number of oxazole rings is 1. The minimum Gasteiger partial charge on any atom is -0.431 e. The molecule has 0 bridgehead atoms. The van der Waals surface area contributed by atoms with Gasteiger partial charge in [0.25, 0.3) is 5.22 Å². The van der Waals surface area contributed by atoms with Crippen LogP contribution in [-0.2, 0) is 10.5 Å². The van der Waals surface area contributed by atoms with Crippen LogP contribution in [0.4, 0.5) is 5.13 Å². The molecule has 0 fully saturated rings. The Morgan fingerprint density at radius 1 is 1.36 bits per heavy atom. The molecule has 1 aromatic carbocycles. The van der Waals surface area contributed by atoms with Gasteiger partial charge in [0, 0.05) is 23.6 Å². The zero-order valence-electron chi connectivity index (χ0n) is 11.8. The Morgan fingerprint density at radius 3 is 2.95 bits per heavy atom. The maximum atomic E-state index is 11.0. The van der Waals surface area contributed by atoms with Crippen LogP contribution in [0.5, 0.6) is 0 Å². The Balaban J connectivity index is 1.61. The highest BCUT2D eigenvalue weighted by Crippen LogP contribution is 2.28. The molecule has 0 atom stereocenters. The molecule has 0 aliphatic rings. The van der Waals surface area contributed by atoms with Crippen LogP contribution in [0.3, 0.4) is 0 Å². The third-order valence-corrected chi connectivity index (χ3v) is 4.40. The van der Waals surface area contributed by atoms with Crippen molar-refractivity contribution in [3.8, 4) is 11.3 Å². The number of carbonyl (C=O) groups excluding carboxylic acids is 1. The summed E-state index contributed by atoms with van der Waals surface area (Å²) < 4.78 is 5.72. The molecule has 2 heterocycles. The third-order valence-electron chi connectivity index (χ3n) is 2.72. The first-order valence-corrected chi connectivity index (χ1v) is 8.43. The third kappa shape index (κ3) is 3.75. The number of nitrogens with one attached hydrogen (secondary N) is 1. The van der Waals surface area contributed by atoms with Crippen molar-refractivity contribution >= 4 is 34.1 Å². The highest BCUT2D eigenvalue weighted by atomic mass is 32.2. The van der Waals surface area contributed by atoms with Gasteiger partial charge < -0.3 is 9.73 Å². The number of benzene rings is 1. The van der Waals surface area contributed by atoms with Crippen LogP contribution in [0.15, 0.2) is 51.5 Å². The van der Waals surface area contributed by atoms with Crippen LogP contribution in [0.1, 0.15) is 12.6 Å². The molecule has 0 aliphatic heterocycles. The van der Waals surface area contributed by atoms with E-state index >= 15 is 0 Å². The van der Waals surface area contributed by atoms with E-state index in [4.69, 9.17) is 4.42 Å². The van der Waals surface area contributed by atoms with Crippen molar-refractivity contribution in [1.82, 2.24) is 9.97 Å². The minimum atomic E-state index is -0.117. The molecule has 0 saturated carbocycles. The van der Waals surface area contributed by atoms with Crippen molar-refractivity contribution in [3.63, 3.8) is 0 Å². The van der Waals surface area contributed by atoms with Crippen LogP contribution in [0, 0.1) is 0 Å². The quantitative estimate of drug-likeness (QED) is 0.714. The Hall–Kier alpha value is -2.12. The fraction of sp³-hybridized carbons (Fsp3) is 0.133. The Bertz CT molecular complexity index is 768. The van der Waals surface area contributed by atoms with Gasteiger partial charge in [-0.15, -0.1) is 11.3 Å². The van der Waals surface area contributed by atoms with Crippen molar-refractivity contribution in [1.29, 1.82) is 0 Å². The summed E-state index contributed by atoms with van der Waals surface area (Å²) in [5, 5.41) is 5.80. The van der Waals surface area contributed by atoms with E-state index in [9.17, 15) is 4.79 Å². The lowest BCUT2D eigenvalue weighted by Crippen LogP contribution is -2.05. The highest BCUT2D eigenvalue weighted by Gasteiger charge is 2.09. The second kappa shape index (κ2) is 6.76. The maximum absolute atomic E-state index is 11.0. The minimum absolute atomic E-state index is 0.117. The second-order valence-electron chi connectivity index (χ2n) is 4.47. The van der Waals surface area contributed by atoms with E-state index in [1.165, 1.54) is 30.0 Å². The largest absolute Gasteiger partial charge is 0.431 e. The van der Waals surface area contributed by atoms with E-state index in [1.807, 2.05) is 35.7 Å². The molecule has 0 radical (unpaired) electrons. The maximum Gasteiger partial charge on any atom is 0.256 e. The van der Waals surface area contributed by atoms with Crippen LogP contribution in [-0.4, -0.2) is 15.9 Å². The monoisotopic (exact) mass is 331 g/mol. The summed E-state index contributed by atoms with van der Waals surface area (Å²) in [5.41, 5.74) is 1.89. The smallest absolute Gasteiger partial charge is 0.256 e. The van der Waals surface area contributed by atoms with Crippen molar-refractivity contribution < 1.29 is 9.21 Å². The van der Waals surface area contributed by atoms with Gasteiger partial charge >= 0.3 is 0 Å². The summed E-state index contributed by atoms with van der Waals surface area (Å²) in [5.74, 6) is 1.28. The Labute approximate surface area is 135 Å². The normalized spacial score (nSPS) is 10.6. The molecule has 1 amide bonds. The van der Waals surface area contributed by atoms with Gasteiger partial charge in [-0.1, -0.05) is 42.1 Å². The molecule has 0 unspecified atom stereocenters. The fourth-order valence-electron chi connectivity index (χ4n) is 1.78. The number of thioether (sulfide) groups is 1. The number of anilines is 1. The second-order valence-corrected chi connectivity index (χ2v) is 6.25. The van der Waals surface area contributed by atoms with Crippen molar-refractivity contribution in [2.45, 2.75) is 17.9 Å². The standard InChI is InChI=1S/C15H13N3O2S2/c1-10(19)17-14-18-12(8-21-14)9-22-15-16-7-13(20-15)11-5-3-2-4-6-11/h2-8H,9H2,1H3,(H,17,18,19). The first kappa shape index (κ1) is 14.8. The molecule has 1 N–H and O–H groups in total. The number of thiazole rings is 1. The van der Waals surface area contributed by atoms with Crippen molar-refractivity contribution in [2.24, 2.45) is 0 Å². The zero-order valence-corrected chi connectivity index (χ0v) is 13.4. The van der Waals surface area contributed by atoms with Gasteiger partial charge in [0.1, 0.15) is 0 Å². The fourth-order valence-corrected chi connectivity index (χ4v) is 3.33. The summed E-state index contributed by atoms with van der Waals surface area (Å²) in [4.78, 5) is 19.6. The molecule has 7 heteroatoms. The predicted octanol–water partition coefficient (Wildman–Crippen LogP) is 4.05. The average Bonchev–Trinajstić information content (AvgIpc) is 3.15. The highest BCUT2D eigenvalue weighted by molar-refractivity contribution is 7.98. The lowest BCUT2D eigenvalue weighted by molar-refractivity contribution is -0.114. The molecule has 0 saturated heterocycles. The summed E-state index contributed by atoms with van der Waals surface area (Å²) >= 11 is 2.88. The molecule has 3 rings (SSSR count). The van der Waals surface area contributed by atoms with Crippen molar-refractivity contribution in [3.05, 3.63) is 47.6 Å². The molecular formula is C15H13N3O2S2. The summed E-state index contributed by atoms with van der Waals surface area (Å²) in [7, 11) is 0. The Morgan fingerprint density at radius 2 is 2.18 bits per heavy atom. The van der Waals surface area contributed by atoms with Gasteiger partial charge in [-0.2, -0.15) is 0 Å². The Kier molecular flexibility index (Phi) is 4.55. The SMILES string of the molecule is CC(=O)Nc1nc(CSc2ncc(-c3ccccc3)o2)cs1. The van der Waals surface area contributed by atoms with Crippen LogP contribution < -0.4 is 5.32 Å². The molecule has 0 spiro atoms. The number of carbonyl (C=O) groups is 1. The van der Waals surface area contributed by atoms with Gasteiger partial charge in [-0.3, -0.25) is 4.79 Å². The van der Waals surface area contributed by atoms with Gasteiger partial charge in [0.2, 0.25) is 5.91 Å². The number of hydrogen-bond donors (Lipinski definition) is 1. The van der Waals surface area contributed by atoms with E-state index < -0.39 is 0 Å². The molecule has 112 valence electrons. The number of rotatable bonds is 5. The summed E-state index contributed by atoms with van der Waals surface area (Å²) in [6, 6.07) is 9.85. The summed E-state index contributed by atoms with van der Waals surface area (Å²) in [6.45, 7) is 1.47. The van der Waals surface area contributed by atoms with Gasteiger partial charge in [-0.25, -0.2) is 9.97 Å². The van der Waals surface area contributed by atoms with E-state index in [0.717, 1.165) is 17.0 Å². The van der Waals surface area contributed by atoms with Crippen LogP contribution in [0.25, 0.3) is 11.3 Å². The zero-order chi connectivity index (χ0) is 15.4. The summed E-state index contributed by atoms with van der Waals surface area (Å²) in [6.07, 6.45) is 1.72. The lowest BCUT2D eigenvalue weighted by Gasteiger charge is -1.95. The van der Waals surface area contributed by atoms with Gasteiger partial charge in [-0.05, 0) is 0 Å². The number of aromatic nitrogens is 2. The van der Waals surface area contributed by atoms with Gasteiger partial charge in [0.15, 0.2) is 10.9 Å². The molecule has 0 aliphatic carbocycles. The molecule has 5 nitrogen and oxygen atoms in total. The molecule has 2 aromatic heterocycles.